The highest BCUT2D eigenvalue weighted by atomic mass is 15.2. The molecule has 1 saturated heterocycles. The van der Waals surface area contributed by atoms with Crippen LogP contribution in [0.2, 0.25) is 0 Å². The molecule has 5 heteroatoms. The van der Waals surface area contributed by atoms with Crippen molar-refractivity contribution in [1.29, 1.82) is 0 Å². The van der Waals surface area contributed by atoms with E-state index in [1.54, 1.807) is 0 Å². The van der Waals surface area contributed by atoms with Crippen LogP contribution in [0.1, 0.15) is 37.4 Å². The number of anilines is 2. The maximum absolute atomic E-state index is 5.93. The lowest BCUT2D eigenvalue weighted by molar-refractivity contribution is 0.247. The molecule has 104 valence electrons. The number of nitrogen functional groups attached to an aromatic ring is 1. The van der Waals surface area contributed by atoms with Gasteiger partial charge in [-0.1, -0.05) is 0 Å². The number of piperidine rings is 1. The summed E-state index contributed by atoms with van der Waals surface area (Å²) in [5, 5.41) is 0. The molecule has 1 aromatic heterocycles. The molecule has 19 heavy (non-hydrogen) atoms. The second kappa shape index (κ2) is 4.96. The molecule has 0 amide bonds. The Morgan fingerprint density at radius 1 is 1.32 bits per heavy atom. The van der Waals surface area contributed by atoms with Crippen molar-refractivity contribution in [3.63, 3.8) is 0 Å². The molecule has 5 nitrogen and oxygen atoms in total. The molecule has 0 spiro atoms. The maximum atomic E-state index is 5.93. The van der Waals surface area contributed by atoms with Gasteiger partial charge in [0.1, 0.15) is 17.5 Å². The van der Waals surface area contributed by atoms with Gasteiger partial charge in [0.05, 0.1) is 0 Å². The molecule has 1 unspecified atom stereocenters. The molecule has 1 aliphatic heterocycles. The summed E-state index contributed by atoms with van der Waals surface area (Å²) in [5.41, 5.74) is 5.93. The van der Waals surface area contributed by atoms with E-state index in [-0.39, 0.29) is 0 Å². The van der Waals surface area contributed by atoms with Crippen LogP contribution in [0.3, 0.4) is 0 Å². The fourth-order valence-electron chi connectivity index (χ4n) is 2.82. The van der Waals surface area contributed by atoms with Crippen molar-refractivity contribution in [1.82, 2.24) is 14.9 Å². The molecule has 2 aliphatic rings. The van der Waals surface area contributed by atoms with Crippen molar-refractivity contribution in [3.8, 4) is 0 Å². The van der Waals surface area contributed by atoms with Crippen LogP contribution in [0.25, 0.3) is 0 Å². The van der Waals surface area contributed by atoms with E-state index in [9.17, 15) is 0 Å². The van der Waals surface area contributed by atoms with E-state index in [0.717, 1.165) is 18.2 Å². The Morgan fingerprint density at radius 2 is 2.11 bits per heavy atom. The summed E-state index contributed by atoms with van der Waals surface area (Å²) >= 11 is 0. The molecular weight excluding hydrogens is 238 g/mol. The Balaban J connectivity index is 1.80. The van der Waals surface area contributed by atoms with Gasteiger partial charge in [0.25, 0.3) is 0 Å². The second-order valence-electron chi connectivity index (χ2n) is 5.95. The van der Waals surface area contributed by atoms with Crippen molar-refractivity contribution in [2.24, 2.45) is 0 Å². The number of rotatable bonds is 3. The van der Waals surface area contributed by atoms with Gasteiger partial charge in [-0.2, -0.15) is 0 Å². The summed E-state index contributed by atoms with van der Waals surface area (Å²) in [5.74, 6) is 3.06. The van der Waals surface area contributed by atoms with Crippen LogP contribution in [0.15, 0.2) is 6.07 Å². The summed E-state index contributed by atoms with van der Waals surface area (Å²) in [7, 11) is 4.31. The second-order valence-corrected chi connectivity index (χ2v) is 5.95. The van der Waals surface area contributed by atoms with Gasteiger partial charge in [-0.05, 0) is 39.3 Å². The van der Waals surface area contributed by atoms with Crippen LogP contribution in [0.5, 0.6) is 0 Å². The van der Waals surface area contributed by atoms with Crippen LogP contribution in [0, 0.1) is 0 Å². The molecule has 2 fully saturated rings. The Hall–Kier alpha value is -1.36. The summed E-state index contributed by atoms with van der Waals surface area (Å²) in [6.45, 7) is 2.29. The smallest absolute Gasteiger partial charge is 0.136 e. The first-order valence-electron chi connectivity index (χ1n) is 7.19. The average molecular weight is 261 g/mol. The number of aromatic nitrogens is 2. The molecule has 1 saturated carbocycles. The van der Waals surface area contributed by atoms with Gasteiger partial charge in [0.2, 0.25) is 0 Å². The van der Waals surface area contributed by atoms with Crippen molar-refractivity contribution in [2.45, 2.75) is 37.6 Å². The predicted molar refractivity (Wildman–Crippen MR) is 77.3 cm³/mol. The highest BCUT2D eigenvalue weighted by Crippen LogP contribution is 2.39. The Morgan fingerprint density at radius 3 is 2.79 bits per heavy atom. The average Bonchev–Trinajstić information content (AvgIpc) is 3.21. The summed E-state index contributed by atoms with van der Waals surface area (Å²) < 4.78 is 0. The van der Waals surface area contributed by atoms with E-state index < -0.39 is 0 Å². The fourth-order valence-corrected chi connectivity index (χ4v) is 2.82. The van der Waals surface area contributed by atoms with Crippen molar-refractivity contribution >= 4 is 11.6 Å². The zero-order valence-electron chi connectivity index (χ0n) is 11.8. The SMILES string of the molecule is CN1CCCC(N(C)c2cc(N)nc(C3CC3)n2)C1. The summed E-state index contributed by atoms with van der Waals surface area (Å²) in [6, 6.07) is 2.43. The zero-order chi connectivity index (χ0) is 13.4. The third-order valence-corrected chi connectivity index (χ3v) is 4.20. The number of hydrogen-bond donors (Lipinski definition) is 1. The molecule has 0 bridgehead atoms. The molecule has 0 aromatic carbocycles. The maximum Gasteiger partial charge on any atom is 0.136 e. The first-order chi connectivity index (χ1) is 9.13. The molecule has 1 aliphatic carbocycles. The highest BCUT2D eigenvalue weighted by Gasteiger charge is 2.28. The van der Waals surface area contributed by atoms with E-state index in [4.69, 9.17) is 10.7 Å². The van der Waals surface area contributed by atoms with Crippen molar-refractivity contribution in [2.75, 3.05) is 37.8 Å². The minimum absolute atomic E-state index is 0.528. The van der Waals surface area contributed by atoms with Gasteiger partial charge in [-0.3, -0.25) is 0 Å². The molecule has 2 N–H and O–H groups in total. The fraction of sp³-hybridized carbons (Fsp3) is 0.714. The predicted octanol–water partition coefficient (Wildman–Crippen LogP) is 1.47. The van der Waals surface area contributed by atoms with Gasteiger partial charge >= 0.3 is 0 Å². The third kappa shape index (κ3) is 2.81. The molecule has 1 aromatic rings. The largest absolute Gasteiger partial charge is 0.384 e. The number of hydrogen-bond acceptors (Lipinski definition) is 5. The van der Waals surface area contributed by atoms with Gasteiger partial charge in [0, 0.05) is 31.6 Å². The molecular formula is C14H23N5. The van der Waals surface area contributed by atoms with Crippen LogP contribution < -0.4 is 10.6 Å². The first kappa shape index (κ1) is 12.7. The highest BCUT2D eigenvalue weighted by molar-refractivity contribution is 5.48. The van der Waals surface area contributed by atoms with E-state index in [2.05, 4.69) is 28.9 Å². The molecule has 3 rings (SSSR count). The zero-order valence-corrected chi connectivity index (χ0v) is 11.8. The van der Waals surface area contributed by atoms with E-state index in [1.807, 2.05) is 6.07 Å². The lowest BCUT2D eigenvalue weighted by Gasteiger charge is -2.36. The van der Waals surface area contributed by atoms with Crippen LogP contribution >= 0.6 is 0 Å². The van der Waals surface area contributed by atoms with Gasteiger partial charge in [-0.15, -0.1) is 0 Å². The Bertz CT molecular complexity index is 457. The van der Waals surface area contributed by atoms with Crippen LogP contribution in [-0.2, 0) is 0 Å². The number of likely N-dealkylation sites (tertiary alicyclic amines) is 1. The topological polar surface area (TPSA) is 58.3 Å². The van der Waals surface area contributed by atoms with E-state index in [0.29, 0.717) is 17.8 Å². The Labute approximate surface area is 114 Å². The van der Waals surface area contributed by atoms with Crippen molar-refractivity contribution < 1.29 is 0 Å². The Kier molecular flexibility index (Phi) is 3.31. The minimum atomic E-state index is 0.528. The number of nitrogens with two attached hydrogens (primary N) is 1. The summed E-state index contributed by atoms with van der Waals surface area (Å²) in [4.78, 5) is 13.7. The van der Waals surface area contributed by atoms with Gasteiger partial charge < -0.3 is 15.5 Å². The molecule has 1 atom stereocenters. The lowest BCUT2D eigenvalue weighted by atomic mass is 10.1. The normalized spacial score (nSPS) is 24.4. The van der Waals surface area contributed by atoms with Crippen molar-refractivity contribution in [3.05, 3.63) is 11.9 Å². The summed E-state index contributed by atoms with van der Waals surface area (Å²) in [6.07, 6.45) is 4.89. The van der Waals surface area contributed by atoms with Crippen LogP contribution in [-0.4, -0.2) is 48.1 Å². The molecule has 2 heterocycles. The van der Waals surface area contributed by atoms with E-state index in [1.165, 1.54) is 32.2 Å². The lowest BCUT2D eigenvalue weighted by Crippen LogP contribution is -2.45. The van der Waals surface area contributed by atoms with E-state index >= 15 is 0 Å². The monoisotopic (exact) mass is 261 g/mol. The van der Waals surface area contributed by atoms with Crippen LogP contribution in [0.4, 0.5) is 11.6 Å². The number of nitrogens with zero attached hydrogens (tertiary/aromatic N) is 4. The molecule has 0 radical (unpaired) electrons. The van der Waals surface area contributed by atoms with Gasteiger partial charge in [-0.25, -0.2) is 9.97 Å². The minimum Gasteiger partial charge on any atom is -0.384 e. The first-order valence-corrected chi connectivity index (χ1v) is 7.19. The quantitative estimate of drug-likeness (QED) is 0.893. The number of likely N-dealkylation sites (N-methyl/N-ethyl adjacent to an activating group) is 2. The van der Waals surface area contributed by atoms with Gasteiger partial charge in [0.15, 0.2) is 0 Å². The third-order valence-electron chi connectivity index (χ3n) is 4.20. The standard InChI is InChI=1S/C14H23N5/c1-18-7-3-4-11(9-18)19(2)13-8-12(15)16-14(17-13)10-5-6-10/h8,10-11H,3-7,9H2,1-2H3,(H2,15,16,17).